The first kappa shape index (κ1) is 26.0. The van der Waals surface area contributed by atoms with E-state index in [1.807, 2.05) is 5.25 Å². The van der Waals surface area contributed by atoms with Crippen molar-refractivity contribution in [3.8, 4) is 45.7 Å². The molecule has 33 heavy (non-hydrogen) atoms. The Kier molecular flexibility index (Phi) is 8.29. The Balaban J connectivity index is 2.27. The molecule has 0 aliphatic carbocycles. The van der Waals surface area contributed by atoms with Gasteiger partial charge < -0.3 is 29.2 Å². The summed E-state index contributed by atoms with van der Waals surface area (Å²) >= 11 is 0. The summed E-state index contributed by atoms with van der Waals surface area (Å²) in [6.07, 6.45) is -0.114. The minimum atomic E-state index is -4.37. The second-order valence-corrected chi connectivity index (χ2v) is 11.0. The van der Waals surface area contributed by atoms with Crippen molar-refractivity contribution in [2.75, 3.05) is 39.3 Å². The van der Waals surface area contributed by atoms with E-state index >= 15 is 0 Å². The van der Waals surface area contributed by atoms with E-state index in [9.17, 15) is 27.0 Å². The van der Waals surface area contributed by atoms with Crippen molar-refractivity contribution < 1.29 is 46.0 Å². The number of aromatic hydroxyl groups is 2. The molecule has 0 fully saturated rings. The molecule has 2 aromatic rings. The Morgan fingerprint density at radius 3 is 1.61 bits per heavy atom. The van der Waals surface area contributed by atoms with Crippen LogP contribution in [0.1, 0.15) is 11.1 Å². The Labute approximate surface area is 192 Å². The van der Waals surface area contributed by atoms with Crippen molar-refractivity contribution in [3.05, 3.63) is 35.4 Å². The lowest BCUT2D eigenvalue weighted by Gasteiger charge is -2.13. The zero-order valence-electron chi connectivity index (χ0n) is 18.4. The Morgan fingerprint density at radius 2 is 1.18 bits per heavy atom. The van der Waals surface area contributed by atoms with E-state index in [2.05, 4.69) is 5.92 Å². The van der Waals surface area contributed by atoms with Gasteiger partial charge in [-0.25, -0.2) is 16.8 Å². The number of methoxy groups -OCH3 is 4. The van der Waals surface area contributed by atoms with Crippen LogP contribution < -0.4 is 18.9 Å². The topological polar surface area (TPSA) is 146 Å². The molecule has 0 saturated heterocycles. The maximum absolute atomic E-state index is 12.5. The standard InChI is InChI=1S/C21H24O10S2/c1-28-18-9-14(22)10-19(29-2)16(18)5-7-32(24,25)13-33(26,27)8-6-17-20(30-3)11-15(23)12-21(17)31-4/h9-12,22-23H,5,7,13H2,1-4H3. The fourth-order valence-corrected chi connectivity index (χ4v) is 6.32. The smallest absolute Gasteiger partial charge is 0.231 e. The zero-order chi connectivity index (χ0) is 24.8. The molecule has 12 heteroatoms. The van der Waals surface area contributed by atoms with Crippen LogP contribution in [0.5, 0.6) is 34.5 Å². The highest BCUT2D eigenvalue weighted by Gasteiger charge is 2.23. The van der Waals surface area contributed by atoms with Crippen molar-refractivity contribution in [2.24, 2.45) is 0 Å². The number of hydrogen-bond donors (Lipinski definition) is 2. The van der Waals surface area contributed by atoms with Crippen molar-refractivity contribution >= 4 is 19.7 Å². The van der Waals surface area contributed by atoms with Crippen LogP contribution in [0.2, 0.25) is 0 Å². The second-order valence-electron chi connectivity index (χ2n) is 6.71. The van der Waals surface area contributed by atoms with Gasteiger partial charge in [-0.05, 0) is 12.3 Å². The second kappa shape index (κ2) is 10.5. The lowest BCUT2D eigenvalue weighted by atomic mass is 10.1. The Morgan fingerprint density at radius 1 is 0.758 bits per heavy atom. The SMILES string of the molecule is COc1cc(O)cc(OC)c1C#CS(=O)(=O)CS(=O)(=O)CCc1c(OC)cc(O)cc1OC. The predicted octanol–water partition coefficient (Wildman–Crippen LogP) is 1.47. The van der Waals surface area contributed by atoms with Gasteiger partial charge in [-0.3, -0.25) is 0 Å². The molecule has 180 valence electrons. The normalized spacial score (nSPS) is 11.3. The van der Waals surface area contributed by atoms with E-state index in [1.165, 1.54) is 52.7 Å². The molecule has 0 radical (unpaired) electrons. The average molecular weight is 501 g/mol. The highest BCUT2D eigenvalue weighted by molar-refractivity contribution is 8.10. The van der Waals surface area contributed by atoms with Crippen molar-refractivity contribution in [2.45, 2.75) is 6.42 Å². The molecule has 0 atom stereocenters. The summed E-state index contributed by atoms with van der Waals surface area (Å²) in [5, 5.41) is 20.1. The molecule has 0 aliphatic heterocycles. The van der Waals surface area contributed by atoms with Gasteiger partial charge >= 0.3 is 0 Å². The van der Waals surface area contributed by atoms with E-state index < -0.39 is 30.5 Å². The van der Waals surface area contributed by atoms with Gasteiger partial charge in [-0.2, -0.15) is 0 Å². The van der Waals surface area contributed by atoms with Gasteiger partial charge in [-0.15, -0.1) is 0 Å². The van der Waals surface area contributed by atoms with Gasteiger partial charge in [0.05, 0.1) is 34.2 Å². The van der Waals surface area contributed by atoms with Gasteiger partial charge in [0.25, 0.3) is 0 Å². The van der Waals surface area contributed by atoms with Crippen molar-refractivity contribution in [1.29, 1.82) is 0 Å². The minimum Gasteiger partial charge on any atom is -0.508 e. The maximum atomic E-state index is 12.5. The number of ether oxygens (including phenoxy) is 4. The molecule has 0 aliphatic rings. The molecule has 2 aromatic carbocycles. The van der Waals surface area contributed by atoms with Crippen LogP contribution in [0.3, 0.4) is 0 Å². The van der Waals surface area contributed by atoms with Crippen molar-refractivity contribution in [1.82, 2.24) is 0 Å². The summed E-state index contributed by atoms with van der Waals surface area (Å²) in [5.41, 5.74) is 0.403. The van der Waals surface area contributed by atoms with Crippen LogP contribution in [-0.2, 0) is 26.1 Å². The lowest BCUT2D eigenvalue weighted by Crippen LogP contribution is -2.19. The number of rotatable bonds is 9. The van der Waals surface area contributed by atoms with Gasteiger partial charge in [-0.1, -0.05) is 0 Å². The third kappa shape index (κ3) is 6.84. The van der Waals surface area contributed by atoms with Crippen LogP contribution in [0, 0.1) is 11.2 Å². The summed E-state index contributed by atoms with van der Waals surface area (Å²) in [6, 6.07) is 5.03. The molecule has 0 bridgehead atoms. The summed E-state index contributed by atoms with van der Waals surface area (Å²) in [6.45, 7) is 0. The van der Waals surface area contributed by atoms with Gasteiger partial charge in [0, 0.05) is 35.1 Å². The summed E-state index contributed by atoms with van der Waals surface area (Å²) < 4.78 is 70.4. The van der Waals surface area contributed by atoms with Crippen LogP contribution >= 0.6 is 0 Å². The van der Waals surface area contributed by atoms with E-state index in [4.69, 9.17) is 18.9 Å². The summed E-state index contributed by atoms with van der Waals surface area (Å²) in [7, 11) is -3.19. The summed E-state index contributed by atoms with van der Waals surface area (Å²) in [4.78, 5) is 0. The molecule has 0 amide bonds. The highest BCUT2D eigenvalue weighted by Crippen LogP contribution is 2.34. The number of sulfone groups is 2. The first-order valence-corrected chi connectivity index (χ1v) is 12.8. The molecule has 10 nitrogen and oxygen atoms in total. The monoisotopic (exact) mass is 500 g/mol. The third-order valence-corrected chi connectivity index (χ3v) is 8.33. The molecule has 0 aromatic heterocycles. The Hall–Kier alpha value is -3.30. The number of phenolic OH excluding ortho intramolecular Hbond substituents is 2. The van der Waals surface area contributed by atoms with Gasteiger partial charge in [0.1, 0.15) is 40.1 Å². The Bertz CT molecular complexity index is 1240. The highest BCUT2D eigenvalue weighted by atomic mass is 32.3. The van der Waals surface area contributed by atoms with Crippen LogP contribution in [0.15, 0.2) is 24.3 Å². The lowest BCUT2D eigenvalue weighted by molar-refractivity contribution is 0.377. The van der Waals surface area contributed by atoms with Gasteiger partial charge in [0.2, 0.25) is 9.84 Å². The third-order valence-electron chi connectivity index (χ3n) is 4.41. The predicted molar refractivity (Wildman–Crippen MR) is 121 cm³/mol. The quantitative estimate of drug-likeness (QED) is 0.485. The van der Waals surface area contributed by atoms with Gasteiger partial charge in [0.15, 0.2) is 14.9 Å². The average Bonchev–Trinajstić information content (AvgIpc) is 2.75. The molecule has 2 rings (SSSR count). The number of benzene rings is 2. The molecule has 0 heterocycles. The van der Waals surface area contributed by atoms with Crippen molar-refractivity contribution in [3.63, 3.8) is 0 Å². The van der Waals surface area contributed by atoms with E-state index in [1.54, 1.807) is 0 Å². The molecule has 0 saturated carbocycles. The minimum absolute atomic E-state index is 0.0392. The molecular formula is C21H24O10S2. The molecule has 0 spiro atoms. The molecular weight excluding hydrogens is 476 g/mol. The van der Waals surface area contributed by atoms with E-state index in [0.29, 0.717) is 5.56 Å². The van der Waals surface area contributed by atoms with Crippen LogP contribution in [0.25, 0.3) is 0 Å². The first-order valence-electron chi connectivity index (χ1n) is 9.30. The molecule has 2 N–H and O–H groups in total. The number of phenols is 2. The van der Waals surface area contributed by atoms with E-state index in [0.717, 1.165) is 0 Å². The van der Waals surface area contributed by atoms with Crippen LogP contribution in [-0.4, -0.2) is 66.3 Å². The zero-order valence-corrected chi connectivity index (χ0v) is 20.0. The number of hydrogen-bond acceptors (Lipinski definition) is 10. The summed E-state index contributed by atoms with van der Waals surface area (Å²) in [5.74, 6) is 2.04. The maximum Gasteiger partial charge on any atom is 0.231 e. The fraction of sp³-hybridized carbons (Fsp3) is 0.333. The van der Waals surface area contributed by atoms with Crippen LogP contribution in [0.4, 0.5) is 0 Å². The first-order chi connectivity index (χ1) is 15.4. The largest absolute Gasteiger partial charge is 0.508 e. The fourth-order valence-electron chi connectivity index (χ4n) is 2.95. The van der Waals surface area contributed by atoms with E-state index in [-0.39, 0.29) is 46.5 Å². The molecule has 0 unspecified atom stereocenters.